The molecule has 0 amide bonds. The van der Waals surface area contributed by atoms with E-state index in [0.29, 0.717) is 17.2 Å². The maximum absolute atomic E-state index is 10.5. The zero-order valence-corrected chi connectivity index (χ0v) is 11.8. The summed E-state index contributed by atoms with van der Waals surface area (Å²) in [4.78, 5) is 5.32. The Balaban J connectivity index is 1.84. The van der Waals surface area contributed by atoms with Gasteiger partial charge in [-0.15, -0.1) is 11.8 Å². The van der Waals surface area contributed by atoms with Crippen LogP contribution in [0.2, 0.25) is 0 Å². The van der Waals surface area contributed by atoms with E-state index in [1.54, 1.807) is 37.2 Å². The second kappa shape index (κ2) is 5.73. The lowest BCUT2D eigenvalue weighted by Crippen LogP contribution is -2.31. The van der Waals surface area contributed by atoms with Crippen LogP contribution in [0.1, 0.15) is 11.8 Å². The van der Waals surface area contributed by atoms with Crippen LogP contribution in [0, 0.1) is 0 Å². The van der Waals surface area contributed by atoms with E-state index in [1.807, 2.05) is 24.3 Å². The molecule has 1 aliphatic heterocycles. The van der Waals surface area contributed by atoms with E-state index in [9.17, 15) is 5.11 Å². The lowest BCUT2D eigenvalue weighted by Gasteiger charge is -2.29. The first-order valence-electron chi connectivity index (χ1n) is 6.35. The fraction of sp³-hybridized carbons (Fsp3) is 0.267. The number of pyridine rings is 1. The first-order valence-corrected chi connectivity index (χ1v) is 7.33. The van der Waals surface area contributed by atoms with Crippen LogP contribution in [0.5, 0.6) is 11.5 Å². The van der Waals surface area contributed by atoms with Gasteiger partial charge in [-0.25, -0.2) is 0 Å². The van der Waals surface area contributed by atoms with Gasteiger partial charge >= 0.3 is 0 Å². The predicted molar refractivity (Wildman–Crippen MR) is 77.3 cm³/mol. The van der Waals surface area contributed by atoms with Gasteiger partial charge in [0.25, 0.3) is 0 Å². The number of thioether (sulfide) groups is 1. The molecule has 3 rings (SSSR count). The van der Waals surface area contributed by atoms with Gasteiger partial charge in [0.15, 0.2) is 0 Å². The number of benzene rings is 1. The van der Waals surface area contributed by atoms with E-state index in [1.165, 1.54) is 0 Å². The van der Waals surface area contributed by atoms with E-state index in [2.05, 4.69) is 4.98 Å². The van der Waals surface area contributed by atoms with E-state index < -0.39 is 6.10 Å². The Morgan fingerprint density at radius 1 is 1.35 bits per heavy atom. The van der Waals surface area contributed by atoms with Crippen LogP contribution in [-0.4, -0.2) is 29.1 Å². The molecule has 2 unspecified atom stereocenters. The standard InChI is InChI=1S/C15H15NO3S/c1-18-11-6-4-8-16-14(11)15(17)12-9-20-13-7-3-2-5-10(13)19-12/h2-8,12,15,17H,9H2,1H3. The molecule has 0 saturated carbocycles. The topological polar surface area (TPSA) is 51.6 Å². The molecule has 104 valence electrons. The summed E-state index contributed by atoms with van der Waals surface area (Å²) in [5.41, 5.74) is 0.514. The van der Waals surface area contributed by atoms with Crippen molar-refractivity contribution in [1.82, 2.24) is 4.98 Å². The second-order valence-electron chi connectivity index (χ2n) is 4.45. The smallest absolute Gasteiger partial charge is 0.143 e. The molecular formula is C15H15NO3S. The molecule has 4 nitrogen and oxygen atoms in total. The van der Waals surface area contributed by atoms with Gasteiger partial charge in [-0.3, -0.25) is 4.98 Å². The number of rotatable bonds is 3. The lowest BCUT2D eigenvalue weighted by atomic mass is 10.1. The molecule has 0 radical (unpaired) electrons. The van der Waals surface area contributed by atoms with Gasteiger partial charge in [0.2, 0.25) is 0 Å². The van der Waals surface area contributed by atoms with Gasteiger partial charge < -0.3 is 14.6 Å². The van der Waals surface area contributed by atoms with E-state index >= 15 is 0 Å². The molecule has 20 heavy (non-hydrogen) atoms. The van der Waals surface area contributed by atoms with Crippen LogP contribution in [0.3, 0.4) is 0 Å². The average molecular weight is 289 g/mol. The third-order valence-corrected chi connectivity index (χ3v) is 4.33. The number of aliphatic hydroxyl groups is 1. The summed E-state index contributed by atoms with van der Waals surface area (Å²) in [5.74, 6) is 2.06. The summed E-state index contributed by atoms with van der Waals surface area (Å²) in [5, 5.41) is 10.5. The van der Waals surface area contributed by atoms with Crippen molar-refractivity contribution < 1.29 is 14.6 Å². The molecule has 0 bridgehead atoms. The summed E-state index contributed by atoms with van der Waals surface area (Å²) in [6, 6.07) is 11.4. The van der Waals surface area contributed by atoms with Crippen LogP contribution in [0.15, 0.2) is 47.5 Å². The van der Waals surface area contributed by atoms with Gasteiger partial charge in [-0.05, 0) is 24.3 Å². The highest BCUT2D eigenvalue weighted by Gasteiger charge is 2.30. The average Bonchev–Trinajstić information content (AvgIpc) is 2.53. The summed E-state index contributed by atoms with van der Waals surface area (Å²) >= 11 is 1.68. The highest BCUT2D eigenvalue weighted by atomic mass is 32.2. The predicted octanol–water partition coefficient (Wildman–Crippen LogP) is 2.68. The Bertz CT molecular complexity index is 605. The number of ether oxygens (including phenoxy) is 2. The maximum Gasteiger partial charge on any atom is 0.143 e. The van der Waals surface area contributed by atoms with Gasteiger partial charge in [0.1, 0.15) is 29.4 Å². The zero-order valence-electron chi connectivity index (χ0n) is 11.0. The number of para-hydroxylation sites is 1. The van der Waals surface area contributed by atoms with Crippen molar-refractivity contribution >= 4 is 11.8 Å². The minimum absolute atomic E-state index is 0.335. The number of fused-ring (bicyclic) bond motifs is 1. The molecule has 0 fully saturated rings. The molecule has 1 N–H and O–H groups in total. The van der Waals surface area contributed by atoms with Gasteiger partial charge in [0, 0.05) is 16.8 Å². The second-order valence-corrected chi connectivity index (χ2v) is 5.51. The number of aromatic nitrogens is 1. The monoisotopic (exact) mass is 289 g/mol. The molecule has 1 aliphatic rings. The number of methoxy groups -OCH3 is 1. The Morgan fingerprint density at radius 2 is 2.20 bits per heavy atom. The van der Waals surface area contributed by atoms with Crippen molar-refractivity contribution in [2.75, 3.05) is 12.9 Å². The lowest BCUT2D eigenvalue weighted by molar-refractivity contribution is 0.0411. The molecule has 2 aromatic rings. The van der Waals surface area contributed by atoms with E-state index in [0.717, 1.165) is 10.6 Å². The van der Waals surface area contributed by atoms with Gasteiger partial charge in [0.05, 0.1) is 7.11 Å². The molecule has 2 atom stereocenters. The summed E-state index contributed by atoms with van der Waals surface area (Å²) in [6.45, 7) is 0. The van der Waals surface area contributed by atoms with Crippen molar-refractivity contribution in [2.45, 2.75) is 17.1 Å². The maximum atomic E-state index is 10.5. The van der Waals surface area contributed by atoms with Crippen LogP contribution >= 0.6 is 11.8 Å². The fourth-order valence-corrected chi connectivity index (χ4v) is 3.19. The number of hydrogen-bond acceptors (Lipinski definition) is 5. The molecule has 0 saturated heterocycles. The number of nitrogens with zero attached hydrogens (tertiary/aromatic N) is 1. The van der Waals surface area contributed by atoms with Crippen LogP contribution in [0.25, 0.3) is 0 Å². The first kappa shape index (κ1) is 13.3. The van der Waals surface area contributed by atoms with E-state index in [-0.39, 0.29) is 6.10 Å². The van der Waals surface area contributed by atoms with Crippen LogP contribution in [-0.2, 0) is 0 Å². The SMILES string of the molecule is COc1cccnc1C(O)C1CSc2ccccc2O1. The highest BCUT2D eigenvalue weighted by molar-refractivity contribution is 7.99. The Labute approximate surface area is 121 Å². The summed E-state index contributed by atoms with van der Waals surface area (Å²) in [7, 11) is 1.57. The van der Waals surface area contributed by atoms with Crippen molar-refractivity contribution in [1.29, 1.82) is 0 Å². The zero-order chi connectivity index (χ0) is 13.9. The molecule has 5 heteroatoms. The van der Waals surface area contributed by atoms with Gasteiger partial charge in [-0.1, -0.05) is 12.1 Å². The van der Waals surface area contributed by atoms with Crippen molar-refractivity contribution in [3.05, 3.63) is 48.3 Å². The molecule has 2 heterocycles. The number of hydrogen-bond donors (Lipinski definition) is 1. The summed E-state index contributed by atoms with van der Waals surface area (Å²) < 4.78 is 11.1. The minimum atomic E-state index is -0.813. The van der Waals surface area contributed by atoms with Gasteiger partial charge in [-0.2, -0.15) is 0 Å². The van der Waals surface area contributed by atoms with Crippen molar-refractivity contribution in [3.63, 3.8) is 0 Å². The molecule has 0 aliphatic carbocycles. The van der Waals surface area contributed by atoms with Crippen molar-refractivity contribution in [3.8, 4) is 11.5 Å². The summed E-state index contributed by atoms with van der Waals surface area (Å²) in [6.07, 6.45) is 0.496. The quantitative estimate of drug-likeness (QED) is 0.941. The van der Waals surface area contributed by atoms with E-state index in [4.69, 9.17) is 9.47 Å². The van der Waals surface area contributed by atoms with Crippen molar-refractivity contribution in [2.24, 2.45) is 0 Å². The molecule has 1 aromatic heterocycles. The molecular weight excluding hydrogens is 274 g/mol. The normalized spacial score (nSPS) is 18.8. The van der Waals surface area contributed by atoms with Crippen LogP contribution < -0.4 is 9.47 Å². The largest absolute Gasteiger partial charge is 0.495 e. The molecule has 0 spiro atoms. The fourth-order valence-electron chi connectivity index (χ4n) is 2.16. The Morgan fingerprint density at radius 3 is 3.05 bits per heavy atom. The van der Waals surface area contributed by atoms with Crippen LogP contribution in [0.4, 0.5) is 0 Å². The highest BCUT2D eigenvalue weighted by Crippen LogP contribution is 2.39. The third kappa shape index (κ3) is 2.46. The Hall–Kier alpha value is -1.72. The minimum Gasteiger partial charge on any atom is -0.495 e. The first-order chi connectivity index (χ1) is 9.79. The third-order valence-electron chi connectivity index (χ3n) is 3.18. The molecule has 1 aromatic carbocycles. The Kier molecular flexibility index (Phi) is 3.80. The number of aliphatic hydroxyl groups excluding tert-OH is 1.